The number of hydrogen-bond acceptors (Lipinski definition) is 1. The number of aryl methyl sites for hydroxylation is 4. The van der Waals surface area contributed by atoms with Crippen molar-refractivity contribution in [3.63, 3.8) is 0 Å². The van der Waals surface area contributed by atoms with Crippen molar-refractivity contribution in [3.8, 4) is 0 Å². The van der Waals surface area contributed by atoms with Crippen molar-refractivity contribution in [2.75, 3.05) is 5.01 Å². The standard InChI is InChI=1S/C36H46N4/c1-9-21-22(10-2)30-18-32-25(13-5)28(16-8)36-20-34-27(15-7)26(14-6)33-19-35-24(12-4)23(11-3)31(39(35)40(32)36)17-29(21)37(30)38(33)34/h17-21,29H,9-16H2,1-8H3/b31-17-,32-18-,35-19?,36-20?. The molecular weight excluding hydrogens is 488 g/mol. The van der Waals surface area contributed by atoms with E-state index < -0.39 is 0 Å². The molecule has 0 saturated heterocycles. The Kier molecular flexibility index (Phi) is 5.93. The van der Waals surface area contributed by atoms with Crippen LogP contribution in [-0.2, 0) is 38.5 Å². The van der Waals surface area contributed by atoms with Gasteiger partial charge in [-0.25, -0.2) is 9.03 Å². The van der Waals surface area contributed by atoms with Gasteiger partial charge in [-0.1, -0.05) is 55.4 Å². The molecule has 4 aliphatic rings. The minimum Gasteiger partial charge on any atom is -0.273 e. The molecule has 12 bridgehead atoms. The molecule has 0 aromatic carbocycles. The van der Waals surface area contributed by atoms with E-state index in [4.69, 9.17) is 0 Å². The SMILES string of the molecule is CCC1=C2/C=c3/c(CC)c(CC)c4cc5c(CC)c(CC)c6cc7c(CC)c(CC)/c(n7n34)=C/C(C1CC)N2n56. The van der Waals surface area contributed by atoms with E-state index in [9.17, 15) is 0 Å². The van der Waals surface area contributed by atoms with Crippen molar-refractivity contribution in [2.24, 2.45) is 5.92 Å². The van der Waals surface area contributed by atoms with Gasteiger partial charge in [-0.05, 0) is 115 Å². The van der Waals surface area contributed by atoms with E-state index in [1.165, 1.54) is 71.8 Å². The molecule has 4 heteroatoms. The molecule has 2 atom stereocenters. The van der Waals surface area contributed by atoms with Crippen molar-refractivity contribution < 1.29 is 0 Å². The molecule has 0 spiro atoms. The van der Waals surface area contributed by atoms with Crippen molar-refractivity contribution >= 4 is 34.2 Å². The lowest BCUT2D eigenvalue weighted by Gasteiger charge is -2.32. The summed E-state index contributed by atoms with van der Waals surface area (Å²) in [6.45, 7) is 18.9. The van der Waals surface area contributed by atoms with Gasteiger partial charge in [0.1, 0.15) is 0 Å². The van der Waals surface area contributed by atoms with E-state index >= 15 is 0 Å². The van der Waals surface area contributed by atoms with Gasteiger partial charge in [-0.2, -0.15) is 0 Å². The molecule has 40 heavy (non-hydrogen) atoms. The van der Waals surface area contributed by atoms with Crippen LogP contribution in [0.4, 0.5) is 0 Å². The molecule has 4 aromatic rings. The molecule has 8 heterocycles. The maximum absolute atomic E-state index is 2.74. The first-order chi connectivity index (χ1) is 19.5. The fourth-order valence-corrected chi connectivity index (χ4v) is 8.97. The summed E-state index contributed by atoms with van der Waals surface area (Å²) in [7, 11) is 0. The number of hydrogen-bond donors (Lipinski definition) is 0. The van der Waals surface area contributed by atoms with Crippen LogP contribution < -0.4 is 15.7 Å². The van der Waals surface area contributed by atoms with Gasteiger partial charge in [0.25, 0.3) is 0 Å². The van der Waals surface area contributed by atoms with Crippen molar-refractivity contribution in [1.82, 2.24) is 13.7 Å². The lowest BCUT2D eigenvalue weighted by molar-refractivity contribution is 0.517. The molecule has 4 nitrogen and oxygen atoms in total. The Labute approximate surface area is 238 Å². The van der Waals surface area contributed by atoms with Gasteiger partial charge < -0.3 is 0 Å². The fraction of sp³-hybridized carbons (Fsp3) is 0.500. The predicted molar refractivity (Wildman–Crippen MR) is 170 cm³/mol. The van der Waals surface area contributed by atoms with E-state index in [-0.39, 0.29) is 0 Å². The maximum Gasteiger partial charge on any atom is 0.0780 e. The van der Waals surface area contributed by atoms with E-state index in [1.807, 2.05) is 0 Å². The van der Waals surface area contributed by atoms with Crippen LogP contribution in [-0.4, -0.2) is 19.7 Å². The van der Waals surface area contributed by atoms with Gasteiger partial charge in [0.15, 0.2) is 0 Å². The van der Waals surface area contributed by atoms with Crippen molar-refractivity contribution in [1.29, 1.82) is 0 Å². The van der Waals surface area contributed by atoms with Gasteiger partial charge in [-0.15, -0.1) is 0 Å². The highest BCUT2D eigenvalue weighted by atomic mass is 15.6. The largest absolute Gasteiger partial charge is 0.273 e. The highest BCUT2D eigenvalue weighted by Crippen LogP contribution is 2.43. The van der Waals surface area contributed by atoms with Crippen LogP contribution in [0.25, 0.3) is 34.2 Å². The molecule has 2 unspecified atom stereocenters. The fourth-order valence-electron chi connectivity index (χ4n) is 8.97. The molecule has 0 saturated carbocycles. The maximum atomic E-state index is 2.74. The normalized spacial score (nSPS) is 20.8. The Bertz CT molecular complexity index is 1870. The zero-order valence-electron chi connectivity index (χ0n) is 25.9. The summed E-state index contributed by atoms with van der Waals surface area (Å²) >= 11 is 0. The molecule has 0 radical (unpaired) electrons. The molecule has 8 rings (SSSR count). The summed E-state index contributed by atoms with van der Waals surface area (Å²) in [4.78, 5) is 0. The van der Waals surface area contributed by atoms with Crippen LogP contribution in [0, 0.1) is 5.92 Å². The monoisotopic (exact) mass is 534 g/mol. The summed E-state index contributed by atoms with van der Waals surface area (Å²) in [5.74, 6) is 0.505. The number of allylic oxidation sites excluding steroid dienone is 1. The Balaban J connectivity index is 1.97. The second kappa shape index (κ2) is 9.19. The van der Waals surface area contributed by atoms with Crippen LogP contribution in [0.2, 0.25) is 0 Å². The van der Waals surface area contributed by atoms with Crippen LogP contribution >= 0.6 is 0 Å². The minimum atomic E-state index is 0.295. The quantitative estimate of drug-likeness (QED) is 0.246. The molecule has 4 aliphatic heterocycles. The first-order valence-corrected chi connectivity index (χ1v) is 16.2. The Morgan fingerprint density at radius 3 is 1.50 bits per heavy atom. The topological polar surface area (TPSA) is 17.0 Å². The summed E-state index contributed by atoms with van der Waals surface area (Å²) in [6, 6.07) is 5.46. The Morgan fingerprint density at radius 2 is 1.02 bits per heavy atom. The predicted octanol–water partition coefficient (Wildman–Crippen LogP) is 6.68. The summed E-state index contributed by atoms with van der Waals surface area (Å²) < 4.78 is 7.98. The van der Waals surface area contributed by atoms with Crippen LogP contribution in [0.15, 0.2) is 23.4 Å². The lowest BCUT2D eigenvalue weighted by Crippen LogP contribution is -2.41. The molecule has 0 aliphatic carbocycles. The third-order valence-corrected chi connectivity index (χ3v) is 10.5. The molecule has 0 amide bonds. The summed E-state index contributed by atoms with van der Waals surface area (Å²) in [6.07, 6.45) is 13.8. The molecular formula is C36H46N4. The first-order valence-electron chi connectivity index (χ1n) is 16.2. The van der Waals surface area contributed by atoms with Crippen molar-refractivity contribution in [3.05, 3.63) is 67.5 Å². The average molecular weight is 535 g/mol. The minimum absolute atomic E-state index is 0.295. The van der Waals surface area contributed by atoms with E-state index in [0.29, 0.717) is 12.0 Å². The van der Waals surface area contributed by atoms with Crippen LogP contribution in [0.3, 0.4) is 0 Å². The van der Waals surface area contributed by atoms with Gasteiger partial charge in [0, 0.05) is 5.92 Å². The number of nitrogens with zero attached hydrogens (tertiary/aromatic N) is 4. The van der Waals surface area contributed by atoms with E-state index in [2.05, 4.69) is 98.4 Å². The molecule has 4 aromatic heterocycles. The highest BCUT2D eigenvalue weighted by molar-refractivity contribution is 5.85. The second-order valence-corrected chi connectivity index (χ2v) is 12.0. The van der Waals surface area contributed by atoms with Gasteiger partial charge >= 0.3 is 0 Å². The van der Waals surface area contributed by atoms with Gasteiger partial charge in [-0.3, -0.25) is 9.69 Å². The Morgan fingerprint density at radius 1 is 0.550 bits per heavy atom. The molecule has 210 valence electrons. The molecule has 0 fully saturated rings. The van der Waals surface area contributed by atoms with Crippen LogP contribution in [0.1, 0.15) is 102 Å². The summed E-state index contributed by atoms with van der Waals surface area (Å²) in [5, 5.41) is 5.55. The number of aromatic nitrogens is 3. The number of rotatable bonds is 8. The van der Waals surface area contributed by atoms with Crippen molar-refractivity contribution in [2.45, 2.75) is 113 Å². The lowest BCUT2D eigenvalue weighted by atomic mass is 9.89. The Hall–Kier alpha value is -3.14. The second-order valence-electron chi connectivity index (χ2n) is 12.0. The zero-order valence-corrected chi connectivity index (χ0v) is 25.9. The average Bonchev–Trinajstić information content (AvgIpc) is 3.66. The first kappa shape index (κ1) is 25.8. The van der Waals surface area contributed by atoms with Crippen LogP contribution in [0.5, 0.6) is 0 Å². The zero-order chi connectivity index (χ0) is 28.0. The smallest absolute Gasteiger partial charge is 0.0780 e. The van der Waals surface area contributed by atoms with Gasteiger partial charge in [0.2, 0.25) is 0 Å². The van der Waals surface area contributed by atoms with Gasteiger partial charge in [0.05, 0.1) is 44.5 Å². The molecule has 0 N–H and O–H groups in total. The third kappa shape index (κ3) is 2.93. The summed E-state index contributed by atoms with van der Waals surface area (Å²) in [5.41, 5.74) is 17.8. The van der Waals surface area contributed by atoms with E-state index in [0.717, 1.165) is 51.4 Å². The van der Waals surface area contributed by atoms with E-state index in [1.54, 1.807) is 5.57 Å². The third-order valence-electron chi connectivity index (χ3n) is 10.5. The highest BCUT2D eigenvalue weighted by Gasteiger charge is 2.41.